The van der Waals surface area contributed by atoms with E-state index in [1.165, 1.54) is 13.3 Å². The Balaban J connectivity index is 1.35. The van der Waals surface area contributed by atoms with Crippen molar-refractivity contribution in [1.82, 2.24) is 25.5 Å². The number of anilines is 2. The predicted octanol–water partition coefficient (Wildman–Crippen LogP) is 4.02. The Kier molecular flexibility index (Phi) is 8.27. The molecule has 3 N–H and O–H groups in total. The number of methoxy groups -OCH3 is 2. The monoisotopic (exact) mass is 586 g/mol. The zero-order valence-electron chi connectivity index (χ0n) is 22.1. The highest BCUT2D eigenvalue weighted by molar-refractivity contribution is 6.34. The number of carbonyl (C=O) groups excluding carboxylic acids is 2. The molecule has 1 saturated heterocycles. The van der Waals surface area contributed by atoms with E-state index >= 15 is 0 Å². The van der Waals surface area contributed by atoms with Gasteiger partial charge >= 0.3 is 0 Å². The summed E-state index contributed by atoms with van der Waals surface area (Å²) in [6.45, 7) is 1.99. The van der Waals surface area contributed by atoms with Crippen LogP contribution in [-0.2, 0) is 11.3 Å². The molecular weight excluding hydrogens is 559 g/mol. The summed E-state index contributed by atoms with van der Waals surface area (Å²) in [6, 6.07) is 8.27. The van der Waals surface area contributed by atoms with Gasteiger partial charge in [-0.2, -0.15) is 4.98 Å². The topological polar surface area (TPSA) is 127 Å². The lowest BCUT2D eigenvalue weighted by Gasteiger charge is -2.36. The SMILES string of the molecule is COc1cc(C(=O)NC2CCN(C)C[C@@H]2OC)c(Cl)cc1Nc1ncc(Cl)c(Oc2cccc3c2C(=O)NC3)n1. The van der Waals surface area contributed by atoms with Crippen LogP contribution in [0, 0.1) is 0 Å². The largest absolute Gasteiger partial charge is 0.495 e. The summed E-state index contributed by atoms with van der Waals surface area (Å²) in [7, 11) is 5.13. The molecule has 210 valence electrons. The minimum Gasteiger partial charge on any atom is -0.495 e. The molecule has 3 aromatic rings. The lowest BCUT2D eigenvalue weighted by Crippen LogP contribution is -2.53. The second-order valence-electron chi connectivity index (χ2n) is 9.48. The third-order valence-electron chi connectivity index (χ3n) is 6.86. The molecule has 2 aliphatic heterocycles. The maximum absolute atomic E-state index is 13.1. The smallest absolute Gasteiger partial charge is 0.255 e. The zero-order valence-corrected chi connectivity index (χ0v) is 23.6. The number of amides is 2. The summed E-state index contributed by atoms with van der Waals surface area (Å²) in [5.41, 5.74) is 1.94. The van der Waals surface area contributed by atoms with E-state index in [0.29, 0.717) is 35.8 Å². The summed E-state index contributed by atoms with van der Waals surface area (Å²) < 4.78 is 17.0. The van der Waals surface area contributed by atoms with Gasteiger partial charge in [-0.15, -0.1) is 0 Å². The second-order valence-corrected chi connectivity index (χ2v) is 10.3. The van der Waals surface area contributed by atoms with E-state index in [4.69, 9.17) is 37.4 Å². The summed E-state index contributed by atoms with van der Waals surface area (Å²) in [4.78, 5) is 36.2. The van der Waals surface area contributed by atoms with Crippen molar-refractivity contribution in [2.75, 3.05) is 39.7 Å². The number of nitrogens with one attached hydrogen (secondary N) is 3. The minimum absolute atomic E-state index is 0.0548. The van der Waals surface area contributed by atoms with E-state index in [1.807, 2.05) is 13.1 Å². The highest BCUT2D eigenvalue weighted by atomic mass is 35.5. The van der Waals surface area contributed by atoms with Crippen LogP contribution in [0.1, 0.15) is 32.7 Å². The molecule has 0 radical (unpaired) electrons. The van der Waals surface area contributed by atoms with Crippen LogP contribution in [0.25, 0.3) is 0 Å². The Bertz CT molecular complexity index is 1460. The number of fused-ring (bicyclic) bond motifs is 1. The molecule has 0 aliphatic carbocycles. The molecule has 11 nitrogen and oxygen atoms in total. The number of likely N-dealkylation sites (tertiary alicyclic amines) is 1. The van der Waals surface area contributed by atoms with Crippen LogP contribution in [0.2, 0.25) is 10.0 Å². The van der Waals surface area contributed by atoms with Gasteiger partial charge in [0.15, 0.2) is 0 Å². The van der Waals surface area contributed by atoms with Crippen LogP contribution < -0.4 is 25.4 Å². The lowest BCUT2D eigenvalue weighted by molar-refractivity contribution is 0.0142. The quantitative estimate of drug-likeness (QED) is 0.358. The Morgan fingerprint density at radius 3 is 2.77 bits per heavy atom. The number of hydrogen-bond acceptors (Lipinski definition) is 9. The number of hydrogen-bond donors (Lipinski definition) is 3. The van der Waals surface area contributed by atoms with Crippen molar-refractivity contribution in [3.63, 3.8) is 0 Å². The molecule has 2 aromatic carbocycles. The molecule has 5 rings (SSSR count). The number of nitrogens with zero attached hydrogens (tertiary/aromatic N) is 3. The fraction of sp³-hybridized carbons (Fsp3) is 0.333. The highest BCUT2D eigenvalue weighted by Crippen LogP contribution is 2.36. The zero-order chi connectivity index (χ0) is 28.4. The second kappa shape index (κ2) is 11.8. The molecule has 2 atom stereocenters. The summed E-state index contributed by atoms with van der Waals surface area (Å²) >= 11 is 12.8. The van der Waals surface area contributed by atoms with Gasteiger partial charge in [0.05, 0.1) is 47.3 Å². The molecule has 13 heteroatoms. The molecule has 0 bridgehead atoms. The van der Waals surface area contributed by atoms with Crippen molar-refractivity contribution in [3.8, 4) is 17.4 Å². The molecule has 1 unspecified atom stereocenters. The van der Waals surface area contributed by atoms with Crippen molar-refractivity contribution >= 4 is 46.7 Å². The van der Waals surface area contributed by atoms with Crippen molar-refractivity contribution in [3.05, 3.63) is 63.3 Å². The molecule has 2 aliphatic rings. The Labute approximate surface area is 241 Å². The summed E-state index contributed by atoms with van der Waals surface area (Å²) in [6.07, 6.45) is 2.00. The number of aromatic nitrogens is 2. The standard InChI is InChI=1S/C27H28Cl2N6O5/c1-35-8-7-18(22(13-35)39-3)32-24(36)15-9-21(38-2)19(10-16(15)28)33-27-31-12-17(29)26(34-27)40-20-6-4-5-14-11-30-25(37)23(14)20/h4-6,9-10,12,18,22H,7-8,11,13H2,1-3H3,(H,30,37)(H,32,36)(H,31,33,34)/t18?,22-/m0/s1. The number of likely N-dealkylation sites (N-methyl/N-ethyl adjacent to an activating group) is 1. The van der Waals surface area contributed by atoms with Gasteiger partial charge < -0.3 is 35.1 Å². The molecule has 2 amide bonds. The maximum atomic E-state index is 13.1. The van der Waals surface area contributed by atoms with E-state index in [0.717, 1.165) is 18.5 Å². The number of rotatable bonds is 8. The van der Waals surface area contributed by atoms with E-state index in [9.17, 15) is 9.59 Å². The van der Waals surface area contributed by atoms with E-state index < -0.39 is 0 Å². The molecule has 0 saturated carbocycles. The molecule has 3 heterocycles. The molecule has 1 aromatic heterocycles. The van der Waals surface area contributed by atoms with E-state index in [-0.39, 0.29) is 51.4 Å². The Morgan fingerprint density at radius 1 is 1.18 bits per heavy atom. The fourth-order valence-corrected chi connectivity index (χ4v) is 5.13. The van der Waals surface area contributed by atoms with Crippen molar-refractivity contribution in [1.29, 1.82) is 0 Å². The number of benzene rings is 2. The lowest BCUT2D eigenvalue weighted by atomic mass is 10.0. The summed E-state index contributed by atoms with van der Waals surface area (Å²) in [5.74, 6) is 0.307. The van der Waals surface area contributed by atoms with Gasteiger partial charge in [-0.1, -0.05) is 35.3 Å². The number of carbonyl (C=O) groups is 2. The van der Waals surface area contributed by atoms with Crippen molar-refractivity contribution in [2.24, 2.45) is 0 Å². The fourth-order valence-electron chi connectivity index (χ4n) is 4.75. The molecular formula is C27H28Cl2N6O5. The normalized spacial score (nSPS) is 18.6. The molecule has 40 heavy (non-hydrogen) atoms. The highest BCUT2D eigenvalue weighted by Gasteiger charge is 2.30. The third-order valence-corrected chi connectivity index (χ3v) is 7.43. The van der Waals surface area contributed by atoms with E-state index in [2.05, 4.69) is 30.8 Å². The third kappa shape index (κ3) is 5.78. The maximum Gasteiger partial charge on any atom is 0.255 e. The molecule has 1 fully saturated rings. The van der Waals surface area contributed by atoms with Crippen molar-refractivity contribution < 1.29 is 23.8 Å². The van der Waals surface area contributed by atoms with E-state index in [1.54, 1.807) is 31.4 Å². The predicted molar refractivity (Wildman–Crippen MR) is 150 cm³/mol. The first-order valence-electron chi connectivity index (χ1n) is 12.5. The number of halogens is 2. The number of ether oxygens (including phenoxy) is 3. The number of piperidine rings is 1. The summed E-state index contributed by atoms with van der Waals surface area (Å²) in [5, 5.41) is 9.21. The Hall–Kier alpha value is -3.64. The van der Waals surface area contributed by atoms with Gasteiger partial charge in [0.25, 0.3) is 11.8 Å². The van der Waals surface area contributed by atoms with Crippen LogP contribution in [0.15, 0.2) is 36.5 Å². The Morgan fingerprint density at radius 2 is 2.00 bits per heavy atom. The average molecular weight is 587 g/mol. The van der Waals surface area contributed by atoms with Crippen molar-refractivity contribution in [2.45, 2.75) is 25.1 Å². The average Bonchev–Trinajstić information content (AvgIpc) is 3.33. The van der Waals surface area contributed by atoms with Crippen LogP contribution in [0.4, 0.5) is 11.6 Å². The van der Waals surface area contributed by atoms with Crippen LogP contribution in [-0.4, -0.2) is 73.2 Å². The van der Waals surface area contributed by atoms with Gasteiger partial charge in [-0.25, -0.2) is 4.98 Å². The van der Waals surface area contributed by atoms with Crippen LogP contribution in [0.3, 0.4) is 0 Å². The van der Waals surface area contributed by atoms with Crippen LogP contribution in [0.5, 0.6) is 17.4 Å². The van der Waals surface area contributed by atoms with Crippen LogP contribution >= 0.6 is 23.2 Å². The first-order valence-corrected chi connectivity index (χ1v) is 13.3. The first kappa shape index (κ1) is 27.9. The van der Waals surface area contributed by atoms with Gasteiger partial charge in [0.1, 0.15) is 16.5 Å². The minimum atomic E-state index is -0.329. The van der Waals surface area contributed by atoms with Gasteiger partial charge in [0, 0.05) is 20.2 Å². The van der Waals surface area contributed by atoms with Gasteiger partial charge in [0.2, 0.25) is 11.8 Å². The van der Waals surface area contributed by atoms with Gasteiger partial charge in [-0.05, 0) is 43.8 Å². The van der Waals surface area contributed by atoms with Gasteiger partial charge in [-0.3, -0.25) is 9.59 Å². The molecule has 0 spiro atoms. The first-order chi connectivity index (χ1) is 19.3.